The highest BCUT2D eigenvalue weighted by atomic mass is 35.5. The van der Waals surface area contributed by atoms with E-state index < -0.39 is 0 Å². The SMILES string of the molecule is CC(C)(C)c1nc(CN2CCN(Cc3ccc(Cl)s3)CC2)cs1. The maximum Gasteiger partial charge on any atom is 0.0982 e. The van der Waals surface area contributed by atoms with Gasteiger partial charge in [-0.25, -0.2) is 4.98 Å². The summed E-state index contributed by atoms with van der Waals surface area (Å²) in [4.78, 5) is 11.2. The zero-order valence-corrected chi connectivity index (χ0v) is 16.4. The lowest BCUT2D eigenvalue weighted by atomic mass is 9.98. The molecule has 1 aliphatic rings. The first-order valence-corrected chi connectivity index (χ1v) is 10.1. The number of thiophene rings is 1. The van der Waals surface area contributed by atoms with Crippen LogP contribution in [-0.2, 0) is 18.5 Å². The van der Waals surface area contributed by atoms with Crippen LogP contribution in [0.15, 0.2) is 17.5 Å². The van der Waals surface area contributed by atoms with Crippen molar-refractivity contribution in [2.75, 3.05) is 26.2 Å². The number of piperazine rings is 1. The minimum absolute atomic E-state index is 0.156. The van der Waals surface area contributed by atoms with Gasteiger partial charge in [-0.3, -0.25) is 9.80 Å². The number of rotatable bonds is 4. The second kappa shape index (κ2) is 7.19. The quantitative estimate of drug-likeness (QED) is 0.792. The molecule has 1 fully saturated rings. The molecule has 0 N–H and O–H groups in total. The van der Waals surface area contributed by atoms with Gasteiger partial charge in [-0.2, -0.15) is 0 Å². The van der Waals surface area contributed by atoms with Gasteiger partial charge in [0.2, 0.25) is 0 Å². The van der Waals surface area contributed by atoms with E-state index in [9.17, 15) is 0 Å². The summed E-state index contributed by atoms with van der Waals surface area (Å²) in [6, 6.07) is 4.13. The normalized spacial score (nSPS) is 17.7. The zero-order valence-electron chi connectivity index (χ0n) is 14.0. The van der Waals surface area contributed by atoms with Crippen molar-refractivity contribution in [2.45, 2.75) is 39.3 Å². The Balaban J connectivity index is 1.48. The lowest BCUT2D eigenvalue weighted by Crippen LogP contribution is -2.45. The van der Waals surface area contributed by atoms with Gasteiger partial charge in [0.25, 0.3) is 0 Å². The van der Waals surface area contributed by atoms with Crippen molar-refractivity contribution in [3.63, 3.8) is 0 Å². The van der Waals surface area contributed by atoms with E-state index in [0.717, 1.165) is 43.6 Å². The van der Waals surface area contributed by atoms with Crippen LogP contribution in [0.25, 0.3) is 0 Å². The van der Waals surface area contributed by atoms with Crippen LogP contribution in [0, 0.1) is 0 Å². The summed E-state index contributed by atoms with van der Waals surface area (Å²) in [6.45, 7) is 13.1. The largest absolute Gasteiger partial charge is 0.296 e. The van der Waals surface area contributed by atoms with Gasteiger partial charge in [0.1, 0.15) is 0 Å². The molecule has 0 amide bonds. The van der Waals surface area contributed by atoms with E-state index in [1.165, 1.54) is 15.6 Å². The third kappa shape index (κ3) is 4.77. The molecule has 23 heavy (non-hydrogen) atoms. The van der Waals surface area contributed by atoms with Gasteiger partial charge in [-0.15, -0.1) is 22.7 Å². The highest BCUT2D eigenvalue weighted by Gasteiger charge is 2.21. The number of thiazole rings is 1. The molecule has 6 heteroatoms. The van der Waals surface area contributed by atoms with Gasteiger partial charge in [-0.05, 0) is 12.1 Å². The van der Waals surface area contributed by atoms with Crippen molar-refractivity contribution in [1.29, 1.82) is 0 Å². The maximum absolute atomic E-state index is 6.01. The Morgan fingerprint density at radius 2 is 1.74 bits per heavy atom. The summed E-state index contributed by atoms with van der Waals surface area (Å²) in [5.74, 6) is 0. The van der Waals surface area contributed by atoms with Crippen molar-refractivity contribution in [3.05, 3.63) is 37.4 Å². The molecule has 0 radical (unpaired) electrons. The molecule has 0 atom stereocenters. The van der Waals surface area contributed by atoms with Crippen molar-refractivity contribution < 1.29 is 0 Å². The van der Waals surface area contributed by atoms with Gasteiger partial charge >= 0.3 is 0 Å². The van der Waals surface area contributed by atoms with Crippen molar-refractivity contribution >= 4 is 34.3 Å². The number of hydrogen-bond acceptors (Lipinski definition) is 5. The maximum atomic E-state index is 6.01. The van der Waals surface area contributed by atoms with E-state index in [4.69, 9.17) is 16.6 Å². The molecule has 0 spiro atoms. The molecular formula is C17H24ClN3S2. The summed E-state index contributed by atoms with van der Waals surface area (Å²) in [7, 11) is 0. The molecule has 3 rings (SSSR count). The summed E-state index contributed by atoms with van der Waals surface area (Å²) in [5, 5.41) is 3.46. The van der Waals surface area contributed by atoms with E-state index in [1.54, 1.807) is 22.7 Å². The number of hydrogen-bond donors (Lipinski definition) is 0. The second-order valence-electron chi connectivity index (χ2n) is 7.15. The molecule has 3 heterocycles. The Hall–Kier alpha value is -0.460. The van der Waals surface area contributed by atoms with E-state index in [1.807, 2.05) is 6.07 Å². The summed E-state index contributed by atoms with van der Waals surface area (Å²) >= 11 is 9.49. The summed E-state index contributed by atoms with van der Waals surface area (Å²) in [5.41, 5.74) is 1.38. The van der Waals surface area contributed by atoms with Gasteiger partial charge in [-0.1, -0.05) is 32.4 Å². The molecule has 0 bridgehead atoms. The molecule has 1 saturated heterocycles. The lowest BCUT2D eigenvalue weighted by Gasteiger charge is -2.34. The fraction of sp³-hybridized carbons (Fsp3) is 0.588. The third-order valence-electron chi connectivity index (χ3n) is 4.05. The second-order valence-corrected chi connectivity index (χ2v) is 9.81. The van der Waals surface area contributed by atoms with E-state index in [0.29, 0.717) is 0 Å². The van der Waals surface area contributed by atoms with Crippen LogP contribution in [0.2, 0.25) is 4.34 Å². The average molecular weight is 370 g/mol. The van der Waals surface area contributed by atoms with Crippen molar-refractivity contribution in [1.82, 2.24) is 14.8 Å². The molecule has 3 nitrogen and oxygen atoms in total. The molecule has 0 aromatic carbocycles. The molecule has 2 aromatic heterocycles. The van der Waals surface area contributed by atoms with Gasteiger partial charge in [0.15, 0.2) is 0 Å². The average Bonchev–Trinajstić information content (AvgIpc) is 3.10. The Morgan fingerprint density at radius 1 is 1.09 bits per heavy atom. The summed E-state index contributed by atoms with van der Waals surface area (Å²) < 4.78 is 0.886. The molecule has 1 aliphatic heterocycles. The predicted molar refractivity (Wildman–Crippen MR) is 101 cm³/mol. The van der Waals surface area contributed by atoms with E-state index in [-0.39, 0.29) is 5.41 Å². The van der Waals surface area contributed by atoms with Crippen molar-refractivity contribution in [3.8, 4) is 0 Å². The van der Waals surface area contributed by atoms with Gasteiger partial charge < -0.3 is 0 Å². The highest BCUT2D eigenvalue weighted by molar-refractivity contribution is 7.16. The highest BCUT2D eigenvalue weighted by Crippen LogP contribution is 2.26. The fourth-order valence-corrected chi connectivity index (χ4v) is 4.74. The number of nitrogens with zero attached hydrogens (tertiary/aromatic N) is 3. The molecule has 0 aliphatic carbocycles. The van der Waals surface area contributed by atoms with Crippen LogP contribution in [0.4, 0.5) is 0 Å². The topological polar surface area (TPSA) is 19.4 Å². The predicted octanol–water partition coefficient (Wildman–Crippen LogP) is 4.47. The van der Waals surface area contributed by atoms with Gasteiger partial charge in [0.05, 0.1) is 15.0 Å². The van der Waals surface area contributed by atoms with E-state index in [2.05, 4.69) is 42.0 Å². The fourth-order valence-electron chi connectivity index (χ4n) is 2.72. The van der Waals surface area contributed by atoms with Gasteiger partial charge in [0, 0.05) is 54.9 Å². The van der Waals surface area contributed by atoms with Crippen LogP contribution >= 0.6 is 34.3 Å². The molecular weight excluding hydrogens is 346 g/mol. The smallest absolute Gasteiger partial charge is 0.0982 e. The Kier molecular flexibility index (Phi) is 5.43. The minimum atomic E-state index is 0.156. The molecule has 2 aromatic rings. The monoisotopic (exact) mass is 369 g/mol. The first kappa shape index (κ1) is 17.4. The molecule has 0 saturated carbocycles. The number of halogens is 1. The summed E-state index contributed by atoms with van der Waals surface area (Å²) in [6.07, 6.45) is 0. The molecule has 126 valence electrons. The Morgan fingerprint density at radius 3 is 2.26 bits per heavy atom. The van der Waals surface area contributed by atoms with Crippen LogP contribution in [0.1, 0.15) is 36.3 Å². The van der Waals surface area contributed by atoms with E-state index >= 15 is 0 Å². The third-order valence-corrected chi connectivity index (χ3v) is 6.58. The lowest BCUT2D eigenvalue weighted by molar-refractivity contribution is 0.122. The van der Waals surface area contributed by atoms with Crippen LogP contribution in [0.5, 0.6) is 0 Å². The first-order valence-electron chi connectivity index (χ1n) is 8.04. The minimum Gasteiger partial charge on any atom is -0.296 e. The first-order chi connectivity index (χ1) is 10.9. The number of aromatic nitrogens is 1. The van der Waals surface area contributed by atoms with Crippen LogP contribution in [-0.4, -0.2) is 41.0 Å². The Bertz CT molecular complexity index is 636. The Labute approximate surface area is 151 Å². The van der Waals surface area contributed by atoms with Crippen LogP contribution in [0.3, 0.4) is 0 Å². The standard InChI is InChI=1S/C17H24ClN3S2/c1-17(2,3)16-19-13(12-22-16)10-20-6-8-21(9-7-20)11-14-4-5-15(18)23-14/h4-5,12H,6-11H2,1-3H3. The zero-order chi connectivity index (χ0) is 16.4. The van der Waals surface area contributed by atoms with Crippen LogP contribution < -0.4 is 0 Å². The molecule has 0 unspecified atom stereocenters. The van der Waals surface area contributed by atoms with Crippen molar-refractivity contribution in [2.24, 2.45) is 0 Å².